The van der Waals surface area contributed by atoms with E-state index in [9.17, 15) is 9.90 Å². The molecule has 3 rings (SSSR count). The van der Waals surface area contributed by atoms with Gasteiger partial charge in [0, 0.05) is 36.1 Å². The van der Waals surface area contributed by atoms with Crippen LogP contribution in [0.15, 0.2) is 24.3 Å². The van der Waals surface area contributed by atoms with Crippen molar-refractivity contribution in [3.05, 3.63) is 40.3 Å². The molecule has 0 unspecified atom stereocenters. The van der Waals surface area contributed by atoms with Gasteiger partial charge in [0.25, 0.3) is 0 Å². The van der Waals surface area contributed by atoms with Crippen LogP contribution in [0.1, 0.15) is 20.8 Å². The molecular formula is C15H16N2O4S. The van der Waals surface area contributed by atoms with Gasteiger partial charge in [-0.3, -0.25) is 4.90 Å². The summed E-state index contributed by atoms with van der Waals surface area (Å²) >= 11 is 1.39. The third-order valence-electron chi connectivity index (χ3n) is 3.54. The Balaban J connectivity index is 1.82. The van der Waals surface area contributed by atoms with Gasteiger partial charge in [-0.05, 0) is 23.7 Å². The number of hydrogen-bond acceptors (Lipinski definition) is 6. The molecule has 1 aliphatic heterocycles. The fourth-order valence-electron chi connectivity index (χ4n) is 2.47. The molecule has 0 bridgehead atoms. The molecule has 0 fully saturated rings. The molecule has 0 spiro atoms. The van der Waals surface area contributed by atoms with Gasteiger partial charge >= 0.3 is 5.97 Å². The molecule has 0 amide bonds. The molecule has 116 valence electrons. The van der Waals surface area contributed by atoms with Crippen molar-refractivity contribution in [2.75, 3.05) is 20.3 Å². The summed E-state index contributed by atoms with van der Waals surface area (Å²) < 4.78 is 15.0. The van der Waals surface area contributed by atoms with Crippen molar-refractivity contribution >= 4 is 17.5 Å². The molecule has 6 nitrogen and oxygen atoms in total. The molecule has 0 saturated carbocycles. The van der Waals surface area contributed by atoms with Crippen LogP contribution in [0.2, 0.25) is 0 Å². The number of carbonyl (C=O) groups is 1. The number of carboxylic acid groups (broad SMARTS) is 1. The summed E-state index contributed by atoms with van der Waals surface area (Å²) in [4.78, 5) is 14.6. The Bertz CT molecular complexity index is 686. The Hall–Kier alpha value is -2.12. The van der Waals surface area contributed by atoms with Crippen molar-refractivity contribution < 1.29 is 19.4 Å². The number of benzene rings is 1. The second-order valence-corrected chi connectivity index (χ2v) is 5.87. The highest BCUT2D eigenvalue weighted by Gasteiger charge is 2.21. The monoisotopic (exact) mass is 320 g/mol. The van der Waals surface area contributed by atoms with E-state index in [2.05, 4.69) is 9.27 Å². The minimum atomic E-state index is -0.929. The summed E-state index contributed by atoms with van der Waals surface area (Å²) in [6.07, 6.45) is 0. The Morgan fingerprint density at radius 2 is 2.41 bits per heavy atom. The average molecular weight is 320 g/mol. The summed E-state index contributed by atoms with van der Waals surface area (Å²) in [5, 5.41) is 9.35. The van der Waals surface area contributed by atoms with Gasteiger partial charge in [-0.2, -0.15) is 4.37 Å². The Morgan fingerprint density at radius 1 is 1.55 bits per heavy atom. The summed E-state index contributed by atoms with van der Waals surface area (Å²) in [5.41, 5.74) is 1.02. The fourth-order valence-corrected chi connectivity index (χ4v) is 3.20. The van der Waals surface area contributed by atoms with Gasteiger partial charge in [-0.15, -0.1) is 0 Å². The standard InChI is InChI=1S/C15H16N2O4S/c1-20-14-7-10(22-16-14)8-17-5-6-21-13-4-2-3-11(15(18)19)12(13)9-17/h2-4,7H,5-6,8-9H2,1H3,(H,18,19). The van der Waals surface area contributed by atoms with E-state index in [4.69, 9.17) is 9.47 Å². The molecule has 0 aliphatic carbocycles. The van der Waals surface area contributed by atoms with Gasteiger partial charge in [-0.1, -0.05) is 6.07 Å². The van der Waals surface area contributed by atoms with Gasteiger partial charge in [0.15, 0.2) is 0 Å². The molecular weight excluding hydrogens is 304 g/mol. The largest absolute Gasteiger partial charge is 0.492 e. The first-order valence-corrected chi connectivity index (χ1v) is 7.64. The summed E-state index contributed by atoms with van der Waals surface area (Å²) in [7, 11) is 1.59. The predicted molar refractivity (Wildman–Crippen MR) is 81.7 cm³/mol. The number of carboxylic acids is 1. The molecule has 1 aromatic heterocycles. The van der Waals surface area contributed by atoms with Crippen LogP contribution in [0.3, 0.4) is 0 Å². The van der Waals surface area contributed by atoms with E-state index in [0.717, 1.165) is 17.0 Å². The van der Waals surface area contributed by atoms with Crippen LogP contribution in [0.5, 0.6) is 11.6 Å². The lowest BCUT2D eigenvalue weighted by Crippen LogP contribution is -2.25. The molecule has 1 aliphatic rings. The Labute approximate surface area is 132 Å². The maximum Gasteiger partial charge on any atom is 0.336 e. The summed E-state index contributed by atoms with van der Waals surface area (Å²) in [6.45, 7) is 2.50. The molecule has 0 radical (unpaired) electrons. The van der Waals surface area contributed by atoms with E-state index in [1.165, 1.54) is 11.5 Å². The zero-order valence-electron chi connectivity index (χ0n) is 12.1. The number of ether oxygens (including phenoxy) is 2. The highest BCUT2D eigenvalue weighted by atomic mass is 32.1. The second-order valence-electron chi connectivity index (χ2n) is 4.98. The van der Waals surface area contributed by atoms with Crippen LogP contribution in [-0.2, 0) is 13.1 Å². The Kier molecular flexibility index (Phi) is 4.26. The molecule has 1 aromatic carbocycles. The van der Waals surface area contributed by atoms with Crippen molar-refractivity contribution in [2.24, 2.45) is 0 Å². The van der Waals surface area contributed by atoms with Gasteiger partial charge in [-0.25, -0.2) is 4.79 Å². The number of fused-ring (bicyclic) bond motifs is 1. The Morgan fingerprint density at radius 3 is 3.14 bits per heavy atom. The van der Waals surface area contributed by atoms with Crippen molar-refractivity contribution in [2.45, 2.75) is 13.1 Å². The van der Waals surface area contributed by atoms with Crippen molar-refractivity contribution in [3.8, 4) is 11.6 Å². The second kappa shape index (κ2) is 6.33. The number of nitrogens with zero attached hydrogens (tertiary/aromatic N) is 2. The van der Waals surface area contributed by atoms with Crippen LogP contribution < -0.4 is 9.47 Å². The van der Waals surface area contributed by atoms with E-state index >= 15 is 0 Å². The van der Waals surface area contributed by atoms with Gasteiger partial charge in [0.05, 0.1) is 12.7 Å². The summed E-state index contributed by atoms with van der Waals surface area (Å²) in [6, 6.07) is 7.05. The quantitative estimate of drug-likeness (QED) is 0.931. The minimum Gasteiger partial charge on any atom is -0.492 e. The third kappa shape index (κ3) is 3.05. The maximum atomic E-state index is 11.4. The van der Waals surface area contributed by atoms with E-state index in [0.29, 0.717) is 36.9 Å². The lowest BCUT2D eigenvalue weighted by atomic mass is 10.1. The number of rotatable bonds is 4. The molecule has 0 atom stereocenters. The van der Waals surface area contributed by atoms with Crippen LogP contribution in [-0.4, -0.2) is 40.6 Å². The first-order chi connectivity index (χ1) is 10.7. The van der Waals surface area contributed by atoms with Crippen LogP contribution >= 0.6 is 11.5 Å². The molecule has 2 aromatic rings. The highest BCUT2D eigenvalue weighted by Crippen LogP contribution is 2.28. The SMILES string of the molecule is COc1cc(CN2CCOc3cccc(C(=O)O)c3C2)sn1. The maximum absolute atomic E-state index is 11.4. The van der Waals surface area contributed by atoms with Crippen molar-refractivity contribution in [3.63, 3.8) is 0 Å². The minimum absolute atomic E-state index is 0.297. The number of hydrogen-bond donors (Lipinski definition) is 1. The van der Waals surface area contributed by atoms with E-state index in [-0.39, 0.29) is 0 Å². The summed E-state index contributed by atoms with van der Waals surface area (Å²) in [5.74, 6) is 0.337. The van der Waals surface area contributed by atoms with E-state index in [1.54, 1.807) is 19.2 Å². The lowest BCUT2D eigenvalue weighted by Gasteiger charge is -2.18. The molecule has 7 heteroatoms. The number of aromatic carboxylic acids is 1. The number of methoxy groups -OCH3 is 1. The first kappa shape index (κ1) is 14.8. The molecule has 0 saturated heterocycles. The molecule has 22 heavy (non-hydrogen) atoms. The van der Waals surface area contributed by atoms with Crippen molar-refractivity contribution in [1.29, 1.82) is 0 Å². The lowest BCUT2D eigenvalue weighted by molar-refractivity contribution is 0.0694. The third-order valence-corrected chi connectivity index (χ3v) is 4.29. The smallest absolute Gasteiger partial charge is 0.336 e. The van der Waals surface area contributed by atoms with Gasteiger partial charge < -0.3 is 14.6 Å². The molecule has 2 heterocycles. The van der Waals surface area contributed by atoms with Gasteiger partial charge in [0.2, 0.25) is 5.88 Å². The first-order valence-electron chi connectivity index (χ1n) is 6.87. The average Bonchev–Trinajstić information content (AvgIpc) is 2.85. The normalized spacial score (nSPS) is 14.8. The van der Waals surface area contributed by atoms with Crippen LogP contribution in [0.4, 0.5) is 0 Å². The zero-order chi connectivity index (χ0) is 15.5. The topological polar surface area (TPSA) is 71.9 Å². The van der Waals surface area contributed by atoms with Crippen LogP contribution in [0.25, 0.3) is 0 Å². The molecule has 1 N–H and O–H groups in total. The zero-order valence-corrected chi connectivity index (χ0v) is 12.9. The van der Waals surface area contributed by atoms with Crippen LogP contribution in [0, 0.1) is 0 Å². The highest BCUT2D eigenvalue weighted by molar-refractivity contribution is 7.05. The fraction of sp³-hybridized carbons (Fsp3) is 0.333. The van der Waals surface area contributed by atoms with E-state index in [1.807, 2.05) is 12.1 Å². The number of aromatic nitrogens is 1. The van der Waals surface area contributed by atoms with Crippen molar-refractivity contribution in [1.82, 2.24) is 9.27 Å². The van der Waals surface area contributed by atoms with Gasteiger partial charge in [0.1, 0.15) is 12.4 Å². The predicted octanol–water partition coefficient (Wildman–Crippen LogP) is 2.24. The van der Waals surface area contributed by atoms with E-state index < -0.39 is 5.97 Å².